The van der Waals surface area contributed by atoms with E-state index in [1.54, 1.807) is 12.1 Å². The predicted octanol–water partition coefficient (Wildman–Crippen LogP) is 4.37. The predicted molar refractivity (Wildman–Crippen MR) is 83.7 cm³/mol. The molecule has 1 atom stereocenters. The largest absolute Gasteiger partial charge is 0.481 e. The number of aliphatic carboxylic acids is 1. The summed E-state index contributed by atoms with van der Waals surface area (Å²) in [6.45, 7) is 0. The molecule has 1 aromatic rings. The minimum atomic E-state index is -0.988. The van der Waals surface area contributed by atoms with Gasteiger partial charge in [0.2, 0.25) is 0 Å². The Labute approximate surface area is 135 Å². The van der Waals surface area contributed by atoms with Crippen molar-refractivity contribution in [1.29, 1.82) is 0 Å². The minimum absolute atomic E-state index is 0.0911. The number of rotatable bonds is 6. The third-order valence-corrected chi connectivity index (χ3v) is 4.33. The molecule has 22 heavy (non-hydrogen) atoms. The lowest BCUT2D eigenvalue weighted by Gasteiger charge is -2.30. The molecule has 0 heterocycles. The van der Waals surface area contributed by atoms with Crippen molar-refractivity contribution in [2.45, 2.75) is 51.0 Å². The van der Waals surface area contributed by atoms with E-state index in [-0.39, 0.29) is 18.9 Å². The van der Waals surface area contributed by atoms with Crippen LogP contribution in [0.1, 0.15) is 56.6 Å². The Hall–Kier alpha value is -1.55. The van der Waals surface area contributed by atoms with Gasteiger partial charge in [0.1, 0.15) is 6.10 Å². The van der Waals surface area contributed by atoms with Crippen LogP contribution in [0.2, 0.25) is 5.02 Å². The van der Waals surface area contributed by atoms with Crippen molar-refractivity contribution in [3.63, 3.8) is 0 Å². The molecule has 1 aliphatic rings. The van der Waals surface area contributed by atoms with Gasteiger partial charge in [-0.25, -0.2) is 0 Å². The first-order chi connectivity index (χ1) is 10.6. The molecule has 120 valence electrons. The fraction of sp³-hybridized carbons (Fsp3) is 0.529. The number of carbonyl (C=O) groups excluding carboxylic acids is 1. The van der Waals surface area contributed by atoms with E-state index in [9.17, 15) is 9.59 Å². The molecule has 1 saturated carbocycles. The molecule has 0 amide bonds. The van der Waals surface area contributed by atoms with Crippen molar-refractivity contribution >= 4 is 23.5 Å². The molecule has 0 aromatic heterocycles. The molecule has 1 unspecified atom stereocenters. The molecule has 4 nitrogen and oxygen atoms in total. The molecule has 2 rings (SSSR count). The van der Waals surface area contributed by atoms with Gasteiger partial charge in [-0.1, -0.05) is 43.0 Å². The van der Waals surface area contributed by atoms with E-state index in [2.05, 4.69) is 0 Å². The molecule has 0 bridgehead atoms. The highest BCUT2D eigenvalue weighted by Gasteiger charge is 2.28. The number of halogens is 1. The van der Waals surface area contributed by atoms with Gasteiger partial charge in [-0.05, 0) is 30.5 Å². The van der Waals surface area contributed by atoms with Crippen molar-refractivity contribution < 1.29 is 19.4 Å². The Bertz CT molecular complexity index is 506. The summed E-state index contributed by atoms with van der Waals surface area (Å²) in [5, 5.41) is 9.31. The zero-order chi connectivity index (χ0) is 15.9. The van der Waals surface area contributed by atoms with Crippen molar-refractivity contribution in [1.82, 2.24) is 0 Å². The average molecular weight is 325 g/mol. The van der Waals surface area contributed by atoms with Crippen LogP contribution in [0.3, 0.4) is 0 Å². The molecule has 0 saturated heterocycles. The van der Waals surface area contributed by atoms with Crippen LogP contribution < -0.4 is 0 Å². The van der Waals surface area contributed by atoms with E-state index in [0.29, 0.717) is 10.9 Å². The number of ether oxygens (including phenoxy) is 1. The number of esters is 1. The first-order valence-electron chi connectivity index (χ1n) is 7.73. The lowest BCUT2D eigenvalue weighted by Crippen LogP contribution is -2.22. The van der Waals surface area contributed by atoms with Gasteiger partial charge >= 0.3 is 11.9 Å². The molecule has 1 N–H and O–H groups in total. The Morgan fingerprint density at radius 3 is 2.36 bits per heavy atom. The monoisotopic (exact) mass is 324 g/mol. The van der Waals surface area contributed by atoms with E-state index >= 15 is 0 Å². The number of carbonyl (C=O) groups is 2. The fourth-order valence-electron chi connectivity index (χ4n) is 2.94. The first kappa shape index (κ1) is 16.8. The van der Waals surface area contributed by atoms with Gasteiger partial charge in [0.25, 0.3) is 0 Å². The van der Waals surface area contributed by atoms with Crippen LogP contribution in [0.5, 0.6) is 0 Å². The van der Waals surface area contributed by atoms with Crippen LogP contribution in [-0.2, 0) is 14.3 Å². The van der Waals surface area contributed by atoms with Crippen LogP contribution in [0, 0.1) is 5.92 Å². The fourth-order valence-corrected chi connectivity index (χ4v) is 3.06. The summed E-state index contributed by atoms with van der Waals surface area (Å²) in [4.78, 5) is 22.5. The minimum Gasteiger partial charge on any atom is -0.481 e. The average Bonchev–Trinajstić information content (AvgIpc) is 2.52. The molecule has 1 aromatic carbocycles. The molecule has 0 radical (unpaired) electrons. The van der Waals surface area contributed by atoms with Crippen LogP contribution in [0.15, 0.2) is 24.3 Å². The van der Waals surface area contributed by atoms with Crippen LogP contribution in [-0.4, -0.2) is 17.0 Å². The number of carboxylic acids is 1. The van der Waals surface area contributed by atoms with Crippen molar-refractivity contribution in [3.05, 3.63) is 34.9 Å². The number of hydrogen-bond acceptors (Lipinski definition) is 3. The standard InChI is InChI=1S/C17H21ClO4/c18-14-8-6-13(7-9-14)17(12-4-2-1-3-5-12)22-16(21)11-10-15(19)20/h6-9,12,17H,1-5,10-11H2,(H,19,20). The quantitative estimate of drug-likeness (QED) is 0.789. The zero-order valence-corrected chi connectivity index (χ0v) is 13.2. The molecular formula is C17H21ClO4. The van der Waals surface area contributed by atoms with E-state index in [4.69, 9.17) is 21.4 Å². The number of hydrogen-bond donors (Lipinski definition) is 1. The zero-order valence-electron chi connectivity index (χ0n) is 12.5. The van der Waals surface area contributed by atoms with Crippen LogP contribution in [0.25, 0.3) is 0 Å². The first-order valence-corrected chi connectivity index (χ1v) is 8.11. The molecule has 1 fully saturated rings. The maximum Gasteiger partial charge on any atom is 0.306 e. The SMILES string of the molecule is O=C(O)CCC(=O)OC(c1ccc(Cl)cc1)C1CCCCC1. The lowest BCUT2D eigenvalue weighted by molar-refractivity contribution is -0.155. The highest BCUT2D eigenvalue weighted by molar-refractivity contribution is 6.30. The summed E-state index contributed by atoms with van der Waals surface area (Å²) in [5.74, 6) is -1.14. The Balaban J connectivity index is 2.08. The summed E-state index contributed by atoms with van der Waals surface area (Å²) in [7, 11) is 0. The lowest BCUT2D eigenvalue weighted by atomic mass is 9.82. The van der Waals surface area contributed by atoms with Gasteiger partial charge in [-0.15, -0.1) is 0 Å². The van der Waals surface area contributed by atoms with Gasteiger partial charge in [-0.2, -0.15) is 0 Å². The van der Waals surface area contributed by atoms with Gasteiger partial charge in [0.05, 0.1) is 12.8 Å². The normalized spacial score (nSPS) is 17.0. The molecule has 0 aliphatic heterocycles. The van der Waals surface area contributed by atoms with E-state index in [1.165, 1.54) is 6.42 Å². The Morgan fingerprint density at radius 1 is 1.14 bits per heavy atom. The third-order valence-electron chi connectivity index (χ3n) is 4.08. The van der Waals surface area contributed by atoms with Crippen molar-refractivity contribution in [2.75, 3.05) is 0 Å². The smallest absolute Gasteiger partial charge is 0.306 e. The second kappa shape index (κ2) is 8.18. The highest BCUT2D eigenvalue weighted by atomic mass is 35.5. The molecule has 0 spiro atoms. The summed E-state index contributed by atoms with van der Waals surface area (Å²) >= 11 is 5.92. The molecular weight excluding hydrogens is 304 g/mol. The Morgan fingerprint density at radius 2 is 1.77 bits per heavy atom. The van der Waals surface area contributed by atoms with E-state index in [0.717, 1.165) is 31.2 Å². The number of benzene rings is 1. The third kappa shape index (κ3) is 5.02. The van der Waals surface area contributed by atoms with Crippen LogP contribution in [0.4, 0.5) is 0 Å². The maximum atomic E-state index is 11.9. The summed E-state index contributed by atoms with van der Waals surface area (Å²) < 4.78 is 5.62. The van der Waals surface area contributed by atoms with E-state index < -0.39 is 11.9 Å². The van der Waals surface area contributed by atoms with Crippen molar-refractivity contribution in [3.8, 4) is 0 Å². The van der Waals surface area contributed by atoms with Crippen LogP contribution >= 0.6 is 11.6 Å². The maximum absolute atomic E-state index is 11.9. The molecule has 1 aliphatic carbocycles. The summed E-state index contributed by atoms with van der Waals surface area (Å²) in [6.07, 6.45) is 4.96. The second-order valence-electron chi connectivity index (χ2n) is 5.75. The topological polar surface area (TPSA) is 63.6 Å². The summed E-state index contributed by atoms with van der Waals surface area (Å²) in [5.41, 5.74) is 0.931. The van der Waals surface area contributed by atoms with E-state index in [1.807, 2.05) is 12.1 Å². The van der Waals surface area contributed by atoms with Crippen molar-refractivity contribution in [2.24, 2.45) is 5.92 Å². The van der Waals surface area contributed by atoms with Gasteiger partial charge in [0.15, 0.2) is 0 Å². The second-order valence-corrected chi connectivity index (χ2v) is 6.19. The Kier molecular flexibility index (Phi) is 6.25. The van der Waals surface area contributed by atoms with Gasteiger partial charge in [0, 0.05) is 10.9 Å². The highest BCUT2D eigenvalue weighted by Crippen LogP contribution is 2.37. The summed E-state index contributed by atoms with van der Waals surface area (Å²) in [6, 6.07) is 7.34. The van der Waals surface area contributed by atoms with Gasteiger partial charge < -0.3 is 9.84 Å². The molecule has 5 heteroatoms. The van der Waals surface area contributed by atoms with Gasteiger partial charge in [-0.3, -0.25) is 9.59 Å². The number of carboxylic acid groups (broad SMARTS) is 1.